The Labute approximate surface area is 110 Å². The molecule has 102 valence electrons. The van der Waals surface area contributed by atoms with E-state index in [0.29, 0.717) is 6.61 Å². The van der Waals surface area contributed by atoms with Gasteiger partial charge >= 0.3 is 0 Å². The number of methoxy groups -OCH3 is 1. The minimum atomic E-state index is -0.0599. The molecule has 0 aliphatic carbocycles. The minimum absolute atomic E-state index is 0.0599. The van der Waals surface area contributed by atoms with Crippen LogP contribution >= 0.6 is 0 Å². The number of rotatable bonds is 7. The lowest BCUT2D eigenvalue weighted by atomic mass is 10.1. The Balaban J connectivity index is 2.31. The van der Waals surface area contributed by atoms with Crippen LogP contribution in [0, 0.1) is 0 Å². The molecule has 0 spiro atoms. The predicted molar refractivity (Wildman–Crippen MR) is 74.6 cm³/mol. The molecule has 3 nitrogen and oxygen atoms in total. The molecule has 0 radical (unpaired) electrons. The molecule has 0 unspecified atom stereocenters. The number of benzene rings is 1. The van der Waals surface area contributed by atoms with Crippen molar-refractivity contribution in [2.24, 2.45) is 0 Å². The Morgan fingerprint density at radius 3 is 2.39 bits per heavy atom. The van der Waals surface area contributed by atoms with Gasteiger partial charge in [0.15, 0.2) is 0 Å². The first-order chi connectivity index (χ1) is 8.53. The highest BCUT2D eigenvalue weighted by molar-refractivity contribution is 5.26. The summed E-state index contributed by atoms with van der Waals surface area (Å²) in [6.07, 6.45) is 0. The zero-order chi connectivity index (χ0) is 13.4. The summed E-state index contributed by atoms with van der Waals surface area (Å²) in [6, 6.07) is 8.33. The molecular weight excluding hydrogens is 226 g/mol. The molecule has 0 saturated heterocycles. The van der Waals surface area contributed by atoms with E-state index in [1.807, 2.05) is 6.07 Å². The Hall–Kier alpha value is -0.900. The van der Waals surface area contributed by atoms with E-state index in [-0.39, 0.29) is 5.60 Å². The molecule has 1 N–H and O–H groups in total. The third-order valence-electron chi connectivity index (χ3n) is 2.55. The van der Waals surface area contributed by atoms with Crippen molar-refractivity contribution < 1.29 is 9.47 Å². The van der Waals surface area contributed by atoms with Crippen molar-refractivity contribution in [1.29, 1.82) is 0 Å². The predicted octanol–water partition coefficient (Wildman–Crippen LogP) is 2.74. The second-order valence-corrected chi connectivity index (χ2v) is 5.34. The van der Waals surface area contributed by atoms with Gasteiger partial charge in [0.05, 0.1) is 18.8 Å². The van der Waals surface area contributed by atoms with Gasteiger partial charge < -0.3 is 14.8 Å². The van der Waals surface area contributed by atoms with Gasteiger partial charge in [-0.15, -0.1) is 0 Å². The quantitative estimate of drug-likeness (QED) is 0.756. The fourth-order valence-corrected chi connectivity index (χ4v) is 1.68. The lowest BCUT2D eigenvalue weighted by Gasteiger charge is -2.19. The zero-order valence-electron chi connectivity index (χ0n) is 12.0. The van der Waals surface area contributed by atoms with Crippen molar-refractivity contribution in [3.63, 3.8) is 0 Å². The molecule has 0 aliphatic rings. The molecule has 0 amide bonds. The van der Waals surface area contributed by atoms with Crippen molar-refractivity contribution >= 4 is 0 Å². The third-order valence-corrected chi connectivity index (χ3v) is 2.55. The van der Waals surface area contributed by atoms with Gasteiger partial charge in [-0.05, 0) is 31.9 Å². The molecule has 0 aromatic heterocycles. The summed E-state index contributed by atoms with van der Waals surface area (Å²) in [7, 11) is 1.72. The second kappa shape index (κ2) is 7.52. The Morgan fingerprint density at radius 2 is 1.78 bits per heavy atom. The fourth-order valence-electron chi connectivity index (χ4n) is 1.68. The van der Waals surface area contributed by atoms with Crippen LogP contribution in [0.2, 0.25) is 0 Å². The smallest absolute Gasteiger partial charge is 0.0716 e. The molecule has 1 aromatic rings. The first-order valence-corrected chi connectivity index (χ1v) is 6.43. The van der Waals surface area contributed by atoms with E-state index >= 15 is 0 Å². The highest BCUT2D eigenvalue weighted by Gasteiger charge is 2.08. The van der Waals surface area contributed by atoms with Crippen LogP contribution in [-0.4, -0.2) is 25.9 Å². The van der Waals surface area contributed by atoms with Gasteiger partial charge in [-0.25, -0.2) is 0 Å². The van der Waals surface area contributed by atoms with Crippen LogP contribution in [0.1, 0.15) is 31.9 Å². The van der Waals surface area contributed by atoms with Crippen LogP contribution in [0.4, 0.5) is 0 Å². The van der Waals surface area contributed by atoms with E-state index in [2.05, 4.69) is 44.3 Å². The topological polar surface area (TPSA) is 30.5 Å². The standard InChI is InChI=1S/C15H25NO2/c1-15(2,3)18-10-9-16-11-13-7-5-6-8-14(13)12-17-4/h5-8,16H,9-12H2,1-4H3. The Kier molecular flexibility index (Phi) is 6.33. The SMILES string of the molecule is COCc1ccccc1CNCCOC(C)(C)C. The van der Waals surface area contributed by atoms with Crippen molar-refractivity contribution in [1.82, 2.24) is 5.32 Å². The van der Waals surface area contributed by atoms with E-state index in [1.165, 1.54) is 11.1 Å². The van der Waals surface area contributed by atoms with Crippen LogP contribution in [0.25, 0.3) is 0 Å². The highest BCUT2D eigenvalue weighted by Crippen LogP contribution is 2.09. The number of hydrogen-bond donors (Lipinski definition) is 1. The molecule has 3 heteroatoms. The number of hydrogen-bond acceptors (Lipinski definition) is 3. The molecule has 0 saturated carbocycles. The lowest BCUT2D eigenvalue weighted by Crippen LogP contribution is -2.26. The van der Waals surface area contributed by atoms with Crippen LogP contribution in [0.15, 0.2) is 24.3 Å². The van der Waals surface area contributed by atoms with Gasteiger partial charge in [-0.1, -0.05) is 24.3 Å². The summed E-state index contributed by atoms with van der Waals surface area (Å²) in [4.78, 5) is 0. The van der Waals surface area contributed by atoms with Gasteiger partial charge in [-0.3, -0.25) is 0 Å². The summed E-state index contributed by atoms with van der Waals surface area (Å²) >= 11 is 0. The second-order valence-electron chi connectivity index (χ2n) is 5.34. The molecule has 0 fully saturated rings. The van der Waals surface area contributed by atoms with Gasteiger partial charge in [0.2, 0.25) is 0 Å². The number of ether oxygens (including phenoxy) is 2. The maximum atomic E-state index is 5.66. The molecular formula is C15H25NO2. The van der Waals surface area contributed by atoms with Gasteiger partial charge in [-0.2, -0.15) is 0 Å². The van der Waals surface area contributed by atoms with E-state index in [9.17, 15) is 0 Å². The number of nitrogens with one attached hydrogen (secondary N) is 1. The molecule has 1 rings (SSSR count). The van der Waals surface area contributed by atoms with Crippen molar-refractivity contribution in [3.8, 4) is 0 Å². The first-order valence-electron chi connectivity index (χ1n) is 6.43. The zero-order valence-corrected chi connectivity index (χ0v) is 12.0. The van der Waals surface area contributed by atoms with E-state index in [0.717, 1.165) is 19.7 Å². The lowest BCUT2D eigenvalue weighted by molar-refractivity contribution is -0.000896. The largest absolute Gasteiger partial charge is 0.380 e. The molecule has 0 atom stereocenters. The van der Waals surface area contributed by atoms with Crippen LogP contribution < -0.4 is 5.32 Å². The summed E-state index contributed by atoms with van der Waals surface area (Å²) < 4.78 is 10.8. The van der Waals surface area contributed by atoms with Crippen LogP contribution in [-0.2, 0) is 22.6 Å². The molecule has 0 heterocycles. The Morgan fingerprint density at radius 1 is 1.11 bits per heavy atom. The minimum Gasteiger partial charge on any atom is -0.380 e. The van der Waals surface area contributed by atoms with Crippen LogP contribution in [0.5, 0.6) is 0 Å². The molecule has 18 heavy (non-hydrogen) atoms. The normalized spacial score (nSPS) is 11.8. The monoisotopic (exact) mass is 251 g/mol. The first kappa shape index (κ1) is 15.2. The maximum Gasteiger partial charge on any atom is 0.0716 e. The van der Waals surface area contributed by atoms with Crippen molar-refractivity contribution in [3.05, 3.63) is 35.4 Å². The summed E-state index contributed by atoms with van der Waals surface area (Å²) in [5.74, 6) is 0. The van der Waals surface area contributed by atoms with Gasteiger partial charge in [0, 0.05) is 20.2 Å². The molecule has 0 bridgehead atoms. The van der Waals surface area contributed by atoms with Gasteiger partial charge in [0.25, 0.3) is 0 Å². The van der Waals surface area contributed by atoms with E-state index in [1.54, 1.807) is 7.11 Å². The van der Waals surface area contributed by atoms with Gasteiger partial charge in [0.1, 0.15) is 0 Å². The van der Waals surface area contributed by atoms with E-state index in [4.69, 9.17) is 9.47 Å². The average molecular weight is 251 g/mol. The van der Waals surface area contributed by atoms with E-state index < -0.39 is 0 Å². The maximum absolute atomic E-state index is 5.66. The average Bonchev–Trinajstić information content (AvgIpc) is 2.29. The summed E-state index contributed by atoms with van der Waals surface area (Å²) in [6.45, 7) is 9.32. The summed E-state index contributed by atoms with van der Waals surface area (Å²) in [5.41, 5.74) is 2.47. The summed E-state index contributed by atoms with van der Waals surface area (Å²) in [5, 5.41) is 3.39. The van der Waals surface area contributed by atoms with Crippen LogP contribution in [0.3, 0.4) is 0 Å². The Bertz CT molecular complexity index is 345. The molecule has 0 aliphatic heterocycles. The highest BCUT2D eigenvalue weighted by atomic mass is 16.5. The fraction of sp³-hybridized carbons (Fsp3) is 0.600. The molecule has 1 aromatic carbocycles. The van der Waals surface area contributed by atoms with Crippen molar-refractivity contribution in [2.75, 3.05) is 20.3 Å². The third kappa shape index (κ3) is 6.15. The van der Waals surface area contributed by atoms with Crippen molar-refractivity contribution in [2.45, 2.75) is 39.5 Å².